The van der Waals surface area contributed by atoms with Crippen molar-refractivity contribution >= 4 is 5.91 Å². The highest BCUT2D eigenvalue weighted by Gasteiger charge is 2.01. The summed E-state index contributed by atoms with van der Waals surface area (Å²) in [6.07, 6.45) is 4.12. The first-order chi connectivity index (χ1) is 4.75. The zero-order valence-electron chi connectivity index (χ0n) is 6.16. The quantitative estimate of drug-likeness (QED) is 0.582. The van der Waals surface area contributed by atoms with Crippen molar-refractivity contribution in [2.45, 2.75) is 20.3 Å². The largest absolute Gasteiger partial charge is 0.274 e. The molecule has 0 fully saturated rings. The van der Waals surface area contributed by atoms with Crippen LogP contribution in [-0.4, -0.2) is 15.5 Å². The summed E-state index contributed by atoms with van der Waals surface area (Å²) in [7, 11) is 0. The molecule has 0 unspecified atom stereocenters. The fraction of sp³-hybridized carbons (Fsp3) is 0.429. The van der Waals surface area contributed by atoms with E-state index in [0.717, 1.165) is 12.2 Å². The lowest BCUT2D eigenvalue weighted by atomic mass is 10.4. The summed E-state index contributed by atoms with van der Waals surface area (Å²) in [4.78, 5) is 14.8. The van der Waals surface area contributed by atoms with E-state index in [1.165, 1.54) is 6.92 Å². The Morgan fingerprint density at radius 3 is 2.90 bits per heavy atom. The number of rotatable bonds is 1. The van der Waals surface area contributed by atoms with E-state index in [2.05, 4.69) is 4.98 Å². The first kappa shape index (κ1) is 6.99. The van der Waals surface area contributed by atoms with Crippen molar-refractivity contribution in [3.05, 3.63) is 18.2 Å². The molecule has 0 bridgehead atoms. The monoisotopic (exact) mass is 138 g/mol. The van der Waals surface area contributed by atoms with Crippen molar-refractivity contribution in [3.8, 4) is 0 Å². The molecular formula is C7H10N2O. The molecule has 0 atom stereocenters. The zero-order valence-corrected chi connectivity index (χ0v) is 6.16. The van der Waals surface area contributed by atoms with Crippen LogP contribution in [-0.2, 0) is 6.42 Å². The average Bonchev–Trinajstić information content (AvgIpc) is 2.33. The molecule has 1 aromatic heterocycles. The van der Waals surface area contributed by atoms with Crippen LogP contribution in [0.5, 0.6) is 0 Å². The van der Waals surface area contributed by atoms with E-state index >= 15 is 0 Å². The van der Waals surface area contributed by atoms with Crippen molar-refractivity contribution in [3.63, 3.8) is 0 Å². The highest BCUT2D eigenvalue weighted by molar-refractivity contribution is 5.76. The van der Waals surface area contributed by atoms with Gasteiger partial charge in [0, 0.05) is 25.7 Å². The molecule has 0 aliphatic heterocycles. The summed E-state index contributed by atoms with van der Waals surface area (Å²) in [6.45, 7) is 3.50. The molecule has 0 saturated carbocycles. The molecule has 0 aliphatic rings. The van der Waals surface area contributed by atoms with Crippen LogP contribution in [0.15, 0.2) is 12.4 Å². The number of carbonyl (C=O) groups excluding carboxylic acids is 1. The lowest BCUT2D eigenvalue weighted by Crippen LogP contribution is -2.07. The van der Waals surface area contributed by atoms with Gasteiger partial charge < -0.3 is 0 Å². The predicted octanol–water partition coefficient (Wildman–Crippen LogP) is 1.11. The van der Waals surface area contributed by atoms with Gasteiger partial charge in [0.05, 0.1) is 0 Å². The average molecular weight is 138 g/mol. The van der Waals surface area contributed by atoms with Crippen molar-refractivity contribution in [1.82, 2.24) is 9.55 Å². The Kier molecular flexibility index (Phi) is 1.85. The van der Waals surface area contributed by atoms with Crippen LogP contribution in [0.3, 0.4) is 0 Å². The van der Waals surface area contributed by atoms with Crippen LogP contribution in [0.4, 0.5) is 0 Å². The third kappa shape index (κ3) is 1.07. The molecule has 3 heteroatoms. The Bertz CT molecular complexity index is 240. The first-order valence-electron chi connectivity index (χ1n) is 3.29. The van der Waals surface area contributed by atoms with E-state index in [0.29, 0.717) is 0 Å². The normalized spacial score (nSPS) is 9.80. The van der Waals surface area contributed by atoms with Crippen molar-refractivity contribution in [1.29, 1.82) is 0 Å². The van der Waals surface area contributed by atoms with E-state index in [1.54, 1.807) is 17.0 Å². The van der Waals surface area contributed by atoms with Crippen LogP contribution in [0, 0.1) is 0 Å². The van der Waals surface area contributed by atoms with Crippen molar-refractivity contribution < 1.29 is 4.79 Å². The van der Waals surface area contributed by atoms with E-state index in [-0.39, 0.29) is 5.91 Å². The Hall–Kier alpha value is -1.12. The Balaban J connectivity index is 3.01. The summed E-state index contributed by atoms with van der Waals surface area (Å²) in [5, 5.41) is 0. The third-order valence-corrected chi connectivity index (χ3v) is 1.37. The molecule has 0 N–H and O–H groups in total. The molecule has 0 radical (unpaired) electrons. The van der Waals surface area contributed by atoms with E-state index in [1.807, 2.05) is 6.92 Å². The minimum absolute atomic E-state index is 0.0225. The molecule has 54 valence electrons. The second kappa shape index (κ2) is 2.64. The smallest absolute Gasteiger partial charge is 0.228 e. The second-order valence-corrected chi connectivity index (χ2v) is 2.09. The Labute approximate surface area is 59.7 Å². The van der Waals surface area contributed by atoms with E-state index in [9.17, 15) is 4.79 Å². The van der Waals surface area contributed by atoms with Gasteiger partial charge in [-0.05, 0) is 0 Å². The van der Waals surface area contributed by atoms with Crippen LogP contribution >= 0.6 is 0 Å². The van der Waals surface area contributed by atoms with Gasteiger partial charge in [0.2, 0.25) is 5.91 Å². The Morgan fingerprint density at radius 1 is 1.80 bits per heavy atom. The molecule has 1 heterocycles. The van der Waals surface area contributed by atoms with Gasteiger partial charge in [0.1, 0.15) is 5.82 Å². The second-order valence-electron chi connectivity index (χ2n) is 2.09. The molecule has 10 heavy (non-hydrogen) atoms. The number of aromatic nitrogens is 2. The molecule has 0 aromatic carbocycles. The topological polar surface area (TPSA) is 34.9 Å². The first-order valence-corrected chi connectivity index (χ1v) is 3.29. The highest BCUT2D eigenvalue weighted by Crippen LogP contribution is 1.96. The predicted molar refractivity (Wildman–Crippen MR) is 37.9 cm³/mol. The maximum Gasteiger partial charge on any atom is 0.228 e. The van der Waals surface area contributed by atoms with E-state index < -0.39 is 0 Å². The molecule has 0 aliphatic carbocycles. The van der Waals surface area contributed by atoms with Crippen LogP contribution in [0.25, 0.3) is 0 Å². The van der Waals surface area contributed by atoms with Gasteiger partial charge in [-0.15, -0.1) is 0 Å². The SMILES string of the molecule is CCc1nccn1C(C)=O. The van der Waals surface area contributed by atoms with Gasteiger partial charge in [-0.3, -0.25) is 9.36 Å². The van der Waals surface area contributed by atoms with Crippen LogP contribution in [0.1, 0.15) is 24.5 Å². The fourth-order valence-electron chi connectivity index (χ4n) is 0.883. The maximum atomic E-state index is 10.8. The van der Waals surface area contributed by atoms with Gasteiger partial charge in [-0.2, -0.15) is 0 Å². The number of aryl methyl sites for hydroxylation is 1. The molecule has 1 rings (SSSR count). The number of imidazole rings is 1. The highest BCUT2D eigenvalue weighted by atomic mass is 16.1. The molecule has 3 nitrogen and oxygen atoms in total. The summed E-state index contributed by atoms with van der Waals surface area (Å²) in [6, 6.07) is 0. The third-order valence-electron chi connectivity index (χ3n) is 1.37. The molecular weight excluding hydrogens is 128 g/mol. The van der Waals surface area contributed by atoms with E-state index in [4.69, 9.17) is 0 Å². The van der Waals surface area contributed by atoms with Gasteiger partial charge >= 0.3 is 0 Å². The summed E-state index contributed by atoms with van der Waals surface area (Å²) in [5.74, 6) is 0.849. The summed E-state index contributed by atoms with van der Waals surface area (Å²) >= 11 is 0. The van der Waals surface area contributed by atoms with Crippen molar-refractivity contribution in [2.75, 3.05) is 0 Å². The zero-order chi connectivity index (χ0) is 7.56. The lowest BCUT2D eigenvalue weighted by molar-refractivity contribution is 0.0933. The van der Waals surface area contributed by atoms with Crippen LogP contribution < -0.4 is 0 Å². The number of hydrogen-bond donors (Lipinski definition) is 0. The minimum atomic E-state index is 0.0225. The number of carbonyl (C=O) groups is 1. The summed E-state index contributed by atoms with van der Waals surface area (Å²) in [5.41, 5.74) is 0. The number of nitrogens with zero attached hydrogens (tertiary/aromatic N) is 2. The van der Waals surface area contributed by atoms with Gasteiger partial charge in [-0.1, -0.05) is 6.92 Å². The minimum Gasteiger partial charge on any atom is -0.274 e. The van der Waals surface area contributed by atoms with Crippen molar-refractivity contribution in [2.24, 2.45) is 0 Å². The molecule has 0 spiro atoms. The van der Waals surface area contributed by atoms with Gasteiger partial charge in [0.25, 0.3) is 0 Å². The van der Waals surface area contributed by atoms with Gasteiger partial charge in [-0.25, -0.2) is 4.98 Å². The Morgan fingerprint density at radius 2 is 2.50 bits per heavy atom. The number of hydrogen-bond acceptors (Lipinski definition) is 2. The fourth-order valence-corrected chi connectivity index (χ4v) is 0.883. The lowest BCUT2D eigenvalue weighted by Gasteiger charge is -1.97. The maximum absolute atomic E-state index is 10.8. The molecule has 0 amide bonds. The molecule has 0 saturated heterocycles. The molecule has 1 aromatic rings. The standard InChI is InChI=1S/C7H10N2O/c1-3-7-8-4-5-9(7)6(2)10/h4-5H,3H2,1-2H3. The van der Waals surface area contributed by atoms with Crippen LogP contribution in [0.2, 0.25) is 0 Å². The summed E-state index contributed by atoms with van der Waals surface area (Å²) < 4.78 is 1.56. The van der Waals surface area contributed by atoms with Gasteiger partial charge in [0.15, 0.2) is 0 Å².